The van der Waals surface area contributed by atoms with Crippen molar-refractivity contribution < 1.29 is 22.4 Å². The Hall–Kier alpha value is -0.223. The monoisotopic (exact) mass is 610 g/mol. The van der Waals surface area contributed by atoms with Gasteiger partial charge >= 0.3 is 5.97 Å². The second kappa shape index (κ2) is 11.7. The number of carbonyl (C=O) groups excluding carboxylic acids is 1. The summed E-state index contributed by atoms with van der Waals surface area (Å²) in [5, 5.41) is 0.0506. The number of esters is 1. The van der Waals surface area contributed by atoms with Crippen molar-refractivity contribution in [2.45, 2.75) is 111 Å². The van der Waals surface area contributed by atoms with Crippen LogP contribution in [0.15, 0.2) is 15.9 Å². The molecule has 35 heavy (non-hydrogen) atoms. The summed E-state index contributed by atoms with van der Waals surface area (Å²) in [7, 11) is -5.24. The van der Waals surface area contributed by atoms with Gasteiger partial charge in [0.05, 0.1) is 20.7 Å². The maximum Gasteiger partial charge on any atom is 0.317 e. The van der Waals surface area contributed by atoms with Crippen LogP contribution in [0, 0.1) is 5.41 Å². The molecule has 5 nitrogen and oxygen atoms in total. The number of rotatable bonds is 12. The first-order valence-corrected chi connectivity index (χ1v) is 18.7. The zero-order valence-electron chi connectivity index (χ0n) is 23.6. The van der Waals surface area contributed by atoms with Crippen LogP contribution in [-0.4, -0.2) is 46.4 Å². The van der Waals surface area contributed by atoms with Crippen molar-refractivity contribution in [3.8, 4) is 0 Å². The fourth-order valence-electron chi connectivity index (χ4n) is 3.63. The van der Waals surface area contributed by atoms with E-state index in [2.05, 4.69) is 49.8 Å². The summed E-state index contributed by atoms with van der Waals surface area (Å²) in [5.41, 5.74) is -1.76. The second-order valence-corrected chi connectivity index (χ2v) is 22.6. The molecule has 0 radical (unpaired) electrons. The highest BCUT2D eigenvalue weighted by Gasteiger charge is 2.41. The van der Waals surface area contributed by atoms with Gasteiger partial charge in [-0.15, -0.1) is 11.3 Å². The summed E-state index contributed by atoms with van der Waals surface area (Å²) in [5.74, 6) is -0.0938. The topological polar surface area (TPSA) is 69.7 Å². The molecule has 1 rings (SSSR count). The predicted molar refractivity (Wildman–Crippen MR) is 155 cm³/mol. The van der Waals surface area contributed by atoms with E-state index in [-0.39, 0.29) is 29.1 Å². The molecule has 9 heteroatoms. The molecule has 1 heterocycles. The number of ether oxygens (including phenoxy) is 1. The third kappa shape index (κ3) is 10.6. The van der Waals surface area contributed by atoms with E-state index < -0.39 is 34.6 Å². The van der Waals surface area contributed by atoms with Crippen LogP contribution >= 0.6 is 27.3 Å². The number of carbonyl (C=O) groups is 1. The second-order valence-electron chi connectivity index (χ2n) is 13.2. The van der Waals surface area contributed by atoms with Crippen molar-refractivity contribution in [1.82, 2.24) is 0 Å². The molecule has 1 atom stereocenters. The Labute approximate surface area is 227 Å². The molecule has 1 unspecified atom stereocenters. The quantitative estimate of drug-likeness (QED) is 0.179. The zero-order valence-corrected chi connectivity index (χ0v) is 27.9. The largest absolute Gasteiger partial charge is 0.459 e. The van der Waals surface area contributed by atoms with Gasteiger partial charge in [0.2, 0.25) is 0 Å². The Kier molecular flexibility index (Phi) is 10.9. The highest BCUT2D eigenvalue weighted by molar-refractivity contribution is 9.11. The van der Waals surface area contributed by atoms with Crippen molar-refractivity contribution in [2.75, 3.05) is 18.1 Å². The molecular weight excluding hydrogens is 564 g/mol. The summed E-state index contributed by atoms with van der Waals surface area (Å²) >= 11 is 5.04. The maximum absolute atomic E-state index is 13.2. The molecule has 0 aromatic carbocycles. The van der Waals surface area contributed by atoms with Gasteiger partial charge in [-0.3, -0.25) is 4.79 Å². The Morgan fingerprint density at radius 3 is 2.03 bits per heavy atom. The van der Waals surface area contributed by atoms with Gasteiger partial charge in [0.25, 0.3) is 0 Å². The van der Waals surface area contributed by atoms with Gasteiger partial charge in [-0.05, 0) is 92.1 Å². The van der Waals surface area contributed by atoms with E-state index in [0.29, 0.717) is 19.3 Å². The molecule has 0 bridgehead atoms. The molecule has 0 aliphatic rings. The summed E-state index contributed by atoms with van der Waals surface area (Å²) in [4.78, 5) is 14.2. The summed E-state index contributed by atoms with van der Waals surface area (Å²) < 4.78 is 38.6. The molecule has 0 spiro atoms. The standard InChI is InChI=1S/C26H47BrO5S2Si/c1-23(2,3)32-22(28)26(9,20-13-14-21(27)33-20)16-12-15-25(7,8)19-34(29,30)18-17-31-35(10,11)24(4,5)6/h13-14H,12,15-19H2,1-11H3. The number of halogens is 1. The molecule has 0 aliphatic carbocycles. The van der Waals surface area contributed by atoms with Crippen LogP contribution in [0.3, 0.4) is 0 Å². The van der Waals surface area contributed by atoms with Crippen LogP contribution < -0.4 is 0 Å². The van der Waals surface area contributed by atoms with E-state index in [1.165, 1.54) is 11.3 Å². The van der Waals surface area contributed by atoms with Gasteiger partial charge in [0.1, 0.15) is 5.60 Å². The van der Waals surface area contributed by atoms with Gasteiger partial charge in [-0.25, -0.2) is 8.42 Å². The lowest BCUT2D eigenvalue weighted by atomic mass is 9.80. The Bertz CT molecular complexity index is 955. The average Bonchev–Trinajstić information content (AvgIpc) is 3.04. The Morgan fingerprint density at radius 1 is 1.00 bits per heavy atom. The molecule has 0 saturated carbocycles. The van der Waals surface area contributed by atoms with Crippen molar-refractivity contribution in [1.29, 1.82) is 0 Å². The minimum absolute atomic E-state index is 0.0434. The average molecular weight is 612 g/mol. The lowest BCUT2D eigenvalue weighted by Gasteiger charge is -2.36. The minimum atomic E-state index is -3.26. The highest BCUT2D eigenvalue weighted by atomic mass is 79.9. The summed E-state index contributed by atoms with van der Waals surface area (Å²) in [6.45, 7) is 22.5. The lowest BCUT2D eigenvalue weighted by Crippen LogP contribution is -2.42. The van der Waals surface area contributed by atoms with Crippen molar-refractivity contribution in [2.24, 2.45) is 5.41 Å². The molecule has 1 aromatic heterocycles. The van der Waals surface area contributed by atoms with E-state index in [0.717, 1.165) is 8.66 Å². The number of hydrogen-bond donors (Lipinski definition) is 0. The predicted octanol–water partition coefficient (Wildman–Crippen LogP) is 7.74. The smallest absolute Gasteiger partial charge is 0.317 e. The SMILES string of the molecule is CC(C)(CCCC(C)(C(=O)OC(C)(C)C)c1ccc(Br)s1)CS(=O)(=O)CCO[Si](C)(C)C(C)(C)C. The number of thiophene rings is 1. The van der Waals surface area contributed by atoms with Gasteiger partial charge in [-0.2, -0.15) is 0 Å². The molecule has 0 amide bonds. The normalized spacial score (nSPS) is 15.7. The van der Waals surface area contributed by atoms with Gasteiger partial charge < -0.3 is 9.16 Å². The van der Waals surface area contributed by atoms with Crippen LogP contribution in [0.25, 0.3) is 0 Å². The Balaban J connectivity index is 2.81. The van der Waals surface area contributed by atoms with E-state index in [1.54, 1.807) is 0 Å². The molecule has 0 aliphatic heterocycles. The first-order valence-electron chi connectivity index (χ1n) is 12.3. The fourth-order valence-corrected chi connectivity index (χ4v) is 8.19. The van der Waals surface area contributed by atoms with Gasteiger partial charge in [0, 0.05) is 11.5 Å². The minimum Gasteiger partial charge on any atom is -0.459 e. The van der Waals surface area contributed by atoms with Crippen LogP contribution in [-0.2, 0) is 29.2 Å². The van der Waals surface area contributed by atoms with E-state index in [9.17, 15) is 13.2 Å². The molecular formula is C26H47BrO5S2Si. The molecule has 0 fully saturated rings. The van der Waals surface area contributed by atoms with E-state index in [4.69, 9.17) is 9.16 Å². The fraction of sp³-hybridized carbons (Fsp3) is 0.808. The lowest BCUT2D eigenvalue weighted by molar-refractivity contribution is -0.161. The van der Waals surface area contributed by atoms with E-state index in [1.807, 2.05) is 53.7 Å². The van der Waals surface area contributed by atoms with Crippen molar-refractivity contribution >= 4 is 51.4 Å². The Morgan fingerprint density at radius 2 is 1.57 bits per heavy atom. The maximum atomic E-state index is 13.2. The summed E-state index contributed by atoms with van der Waals surface area (Å²) in [6.07, 6.45) is 2.00. The van der Waals surface area contributed by atoms with Crippen LogP contribution in [0.5, 0.6) is 0 Å². The van der Waals surface area contributed by atoms with E-state index >= 15 is 0 Å². The molecule has 0 saturated heterocycles. The number of sulfone groups is 1. The van der Waals surface area contributed by atoms with Crippen LogP contribution in [0.1, 0.15) is 86.5 Å². The zero-order chi connectivity index (χ0) is 27.5. The third-order valence-electron chi connectivity index (χ3n) is 6.77. The number of hydrogen-bond acceptors (Lipinski definition) is 6. The third-order valence-corrected chi connectivity index (χ3v) is 15.2. The first-order chi connectivity index (χ1) is 15.5. The molecule has 204 valence electrons. The van der Waals surface area contributed by atoms with Gasteiger partial charge in [0.15, 0.2) is 18.2 Å². The van der Waals surface area contributed by atoms with Gasteiger partial charge in [-0.1, -0.05) is 41.0 Å². The van der Waals surface area contributed by atoms with Crippen LogP contribution in [0.2, 0.25) is 18.1 Å². The summed E-state index contributed by atoms with van der Waals surface area (Å²) in [6, 6.07) is 3.92. The van der Waals surface area contributed by atoms with Crippen LogP contribution in [0.4, 0.5) is 0 Å². The molecule has 1 aromatic rings. The van der Waals surface area contributed by atoms with Crippen molar-refractivity contribution in [3.63, 3.8) is 0 Å². The molecule has 0 N–H and O–H groups in total. The van der Waals surface area contributed by atoms with Crippen molar-refractivity contribution in [3.05, 3.63) is 20.8 Å². The highest BCUT2D eigenvalue weighted by Crippen LogP contribution is 2.40. The first kappa shape index (κ1) is 32.8.